The van der Waals surface area contributed by atoms with Crippen LogP contribution in [-0.4, -0.2) is 103 Å². The Kier molecular flexibility index (Phi) is 8.21. The summed E-state index contributed by atoms with van der Waals surface area (Å²) >= 11 is 1.34. The van der Waals surface area contributed by atoms with Gasteiger partial charge in [0.25, 0.3) is 11.8 Å². The van der Waals surface area contributed by atoms with E-state index in [0.29, 0.717) is 54.3 Å². The van der Waals surface area contributed by atoms with Crippen LogP contribution >= 0.6 is 11.8 Å². The van der Waals surface area contributed by atoms with Gasteiger partial charge < -0.3 is 30.1 Å². The number of carboxylic acid groups (broad SMARTS) is 2. The fourth-order valence-corrected chi connectivity index (χ4v) is 7.98. The van der Waals surface area contributed by atoms with Gasteiger partial charge in [-0.25, -0.2) is 14.0 Å². The van der Waals surface area contributed by atoms with Crippen molar-refractivity contribution in [3.63, 3.8) is 0 Å². The zero-order valence-electron chi connectivity index (χ0n) is 25.5. The van der Waals surface area contributed by atoms with Gasteiger partial charge in [0.2, 0.25) is 5.43 Å². The van der Waals surface area contributed by atoms with Gasteiger partial charge in [0.05, 0.1) is 11.2 Å². The van der Waals surface area contributed by atoms with Gasteiger partial charge in [-0.1, -0.05) is 30.3 Å². The monoisotopic (exact) mass is 677 g/mol. The number of aromatic carboxylic acids is 1. The van der Waals surface area contributed by atoms with Gasteiger partial charge in [-0.3, -0.25) is 24.2 Å². The second-order valence-corrected chi connectivity index (χ2v) is 13.5. The molecule has 2 amide bonds. The molecule has 3 aromatic rings. The topological polar surface area (TPSA) is 173 Å². The molecule has 0 radical (unpaired) electrons. The van der Waals surface area contributed by atoms with E-state index in [-0.39, 0.29) is 29.2 Å². The number of aliphatic hydroxyl groups excluding tert-OH is 1. The number of nitrogens with zero attached hydrogens (tertiary/aromatic N) is 4. The summed E-state index contributed by atoms with van der Waals surface area (Å²) in [4.78, 5) is 67.8. The van der Waals surface area contributed by atoms with Crippen LogP contribution in [0.5, 0.6) is 0 Å². The number of thioether (sulfide) groups is 1. The maximum absolute atomic E-state index is 15.4. The summed E-state index contributed by atoms with van der Waals surface area (Å²) in [6.07, 6.45) is 1.55. The van der Waals surface area contributed by atoms with E-state index in [1.165, 1.54) is 22.9 Å². The average molecular weight is 678 g/mol. The van der Waals surface area contributed by atoms with E-state index >= 15 is 4.39 Å². The molecular formula is C33H32FN5O8S. The minimum Gasteiger partial charge on any atom is -0.477 e. The number of fused-ring (bicyclic) bond motifs is 2. The molecule has 2 aromatic carbocycles. The van der Waals surface area contributed by atoms with Crippen LogP contribution in [0.25, 0.3) is 10.9 Å². The first kappa shape index (κ1) is 31.8. The maximum atomic E-state index is 15.4. The molecule has 15 heteroatoms. The first-order valence-electron chi connectivity index (χ1n) is 15.6. The average Bonchev–Trinajstić information content (AvgIpc) is 3.93. The summed E-state index contributed by atoms with van der Waals surface area (Å²) in [5.41, 5.74) is 0.494. The number of anilines is 1. The number of hydrogen-bond donors (Lipinski definition) is 4. The van der Waals surface area contributed by atoms with Crippen molar-refractivity contribution < 1.29 is 38.9 Å². The molecule has 48 heavy (non-hydrogen) atoms. The summed E-state index contributed by atoms with van der Waals surface area (Å²) in [6, 6.07) is 10.1. The molecule has 1 saturated carbocycles. The lowest BCUT2D eigenvalue weighted by Gasteiger charge is -2.50. The fraction of sp³-hybridized carbons (Fsp3) is 0.364. The summed E-state index contributed by atoms with van der Waals surface area (Å²) in [5.74, 6) is -4.21. The van der Waals surface area contributed by atoms with Crippen LogP contribution in [0.2, 0.25) is 0 Å². The number of nitrogens with one attached hydrogen (secondary N) is 1. The highest BCUT2D eigenvalue weighted by atomic mass is 32.2. The van der Waals surface area contributed by atoms with Gasteiger partial charge in [-0.15, -0.1) is 11.8 Å². The van der Waals surface area contributed by atoms with Gasteiger partial charge >= 0.3 is 11.9 Å². The molecule has 4 aliphatic rings. The van der Waals surface area contributed by atoms with Crippen molar-refractivity contribution in [2.45, 2.75) is 36.4 Å². The molecule has 13 nitrogen and oxygen atoms in total. The molecule has 4 heterocycles. The van der Waals surface area contributed by atoms with Crippen LogP contribution in [0.3, 0.4) is 0 Å². The van der Waals surface area contributed by atoms with Gasteiger partial charge in [-0.2, -0.15) is 0 Å². The van der Waals surface area contributed by atoms with Crippen molar-refractivity contribution in [3.8, 4) is 0 Å². The van der Waals surface area contributed by atoms with Crippen LogP contribution in [0.4, 0.5) is 10.1 Å². The number of aliphatic carboxylic acids is 1. The Labute approximate surface area is 277 Å². The number of rotatable bonds is 9. The lowest BCUT2D eigenvalue weighted by atomic mass is 10.0. The number of carbonyl (C=O) groups is 4. The van der Waals surface area contributed by atoms with Crippen LogP contribution in [0, 0.1) is 5.82 Å². The van der Waals surface area contributed by atoms with Crippen LogP contribution in [0.1, 0.15) is 40.9 Å². The highest BCUT2D eigenvalue weighted by Gasteiger charge is 2.54. The lowest BCUT2D eigenvalue weighted by molar-refractivity contribution is -0.151. The van der Waals surface area contributed by atoms with Crippen molar-refractivity contribution in [2.75, 3.05) is 43.4 Å². The highest BCUT2D eigenvalue weighted by Crippen LogP contribution is 2.41. The Morgan fingerprint density at radius 1 is 1.00 bits per heavy atom. The van der Waals surface area contributed by atoms with Crippen molar-refractivity contribution in [1.29, 1.82) is 0 Å². The van der Waals surface area contributed by atoms with Gasteiger partial charge in [0.15, 0.2) is 6.10 Å². The zero-order valence-corrected chi connectivity index (χ0v) is 26.4. The quantitative estimate of drug-likeness (QED) is 0.243. The Hall–Kier alpha value is -4.73. The number of amides is 2. The zero-order chi connectivity index (χ0) is 33.9. The predicted molar refractivity (Wildman–Crippen MR) is 173 cm³/mol. The molecule has 3 fully saturated rings. The van der Waals surface area contributed by atoms with Gasteiger partial charge in [-0.05, 0) is 36.1 Å². The Morgan fingerprint density at radius 3 is 2.35 bits per heavy atom. The SMILES string of the molecule is O=C(O)C1=C(CN2CCN(c3cc4c(cc3F)c(=O)c(C(=O)O)cn4C3CC3)CC2)CS[C@@H]2[C@H](NC(=O)[C@H](O)c3ccccc3)C(=O)N12. The highest BCUT2D eigenvalue weighted by molar-refractivity contribution is 8.00. The normalized spacial score (nSPS) is 21.9. The smallest absolute Gasteiger partial charge is 0.352 e. The standard InChI is InChI=1S/C33H32FN5O8S/c34-22-12-20-23(38(19-6-7-19)15-21(28(20)41)32(44)45)13-24(22)37-10-8-36(9-11-37)14-18-16-48-31-25(30(43)39(31)26(18)33(46)47)35-29(42)27(40)17-4-2-1-3-5-17/h1-5,12-13,15,19,25,27,31,40H,6-11,14,16H2,(H,35,42)(H,44,45)(H,46,47)/t25-,27-,31-/m1/s1. The second kappa shape index (κ2) is 12.4. The number of piperazine rings is 1. The number of carboxylic acids is 2. The van der Waals surface area contributed by atoms with Gasteiger partial charge in [0.1, 0.15) is 28.5 Å². The molecule has 1 aliphatic carbocycles. The van der Waals surface area contributed by atoms with Crippen molar-refractivity contribution in [3.05, 3.63) is 87.1 Å². The Morgan fingerprint density at radius 2 is 1.71 bits per heavy atom. The number of benzene rings is 2. The van der Waals surface area contributed by atoms with E-state index in [1.54, 1.807) is 41.0 Å². The van der Waals surface area contributed by atoms with E-state index < -0.39 is 52.5 Å². The molecule has 250 valence electrons. The number of halogens is 1. The Bertz CT molecular complexity index is 1940. The third-order valence-corrected chi connectivity index (χ3v) is 10.6. The molecule has 0 spiro atoms. The molecule has 4 N–H and O–H groups in total. The van der Waals surface area contributed by atoms with E-state index in [4.69, 9.17) is 0 Å². The van der Waals surface area contributed by atoms with E-state index in [0.717, 1.165) is 18.9 Å². The van der Waals surface area contributed by atoms with Crippen molar-refractivity contribution >= 4 is 52.1 Å². The summed E-state index contributed by atoms with van der Waals surface area (Å²) in [5, 5.41) is 32.0. The molecule has 0 bridgehead atoms. The van der Waals surface area contributed by atoms with Crippen molar-refractivity contribution in [2.24, 2.45) is 0 Å². The first-order valence-corrected chi connectivity index (χ1v) is 16.6. The van der Waals surface area contributed by atoms with E-state index in [1.807, 2.05) is 9.80 Å². The molecular weight excluding hydrogens is 645 g/mol. The van der Waals surface area contributed by atoms with E-state index in [2.05, 4.69) is 5.32 Å². The number of pyridine rings is 1. The number of carbonyl (C=O) groups excluding carboxylic acids is 2. The molecule has 1 aromatic heterocycles. The minimum atomic E-state index is -1.47. The minimum absolute atomic E-state index is 0.0256. The molecule has 2 saturated heterocycles. The largest absolute Gasteiger partial charge is 0.477 e. The first-order chi connectivity index (χ1) is 23.0. The van der Waals surface area contributed by atoms with Crippen LogP contribution < -0.4 is 15.6 Å². The third kappa shape index (κ3) is 5.61. The molecule has 3 atom stereocenters. The fourth-order valence-electron chi connectivity index (χ4n) is 6.65. The van der Waals surface area contributed by atoms with Crippen LogP contribution in [-0.2, 0) is 14.4 Å². The lowest BCUT2D eigenvalue weighted by Crippen LogP contribution is -2.71. The summed E-state index contributed by atoms with van der Waals surface area (Å²) in [6.45, 7) is 2.05. The molecule has 0 unspecified atom stereocenters. The molecule has 3 aliphatic heterocycles. The number of aliphatic hydroxyl groups is 1. The number of β-lactam (4-membered cyclic amide) rings is 1. The van der Waals surface area contributed by atoms with Crippen molar-refractivity contribution in [1.82, 2.24) is 19.7 Å². The molecule has 7 rings (SSSR count). The van der Waals surface area contributed by atoms with Crippen LogP contribution in [0.15, 0.2) is 64.7 Å². The number of aromatic nitrogens is 1. The summed E-state index contributed by atoms with van der Waals surface area (Å²) in [7, 11) is 0. The predicted octanol–water partition coefficient (Wildman–Crippen LogP) is 1.77. The van der Waals surface area contributed by atoms with Gasteiger partial charge in [0, 0.05) is 56.1 Å². The number of hydrogen-bond acceptors (Lipinski definition) is 9. The second-order valence-electron chi connectivity index (χ2n) is 12.4. The third-order valence-electron chi connectivity index (χ3n) is 9.31. The van der Waals surface area contributed by atoms with E-state index in [9.17, 15) is 39.3 Å². The summed E-state index contributed by atoms with van der Waals surface area (Å²) < 4.78 is 17.2. The maximum Gasteiger partial charge on any atom is 0.352 e. The Balaban J connectivity index is 1.04.